The molecule has 0 atom stereocenters. The predicted octanol–water partition coefficient (Wildman–Crippen LogP) is 2.60. The summed E-state index contributed by atoms with van der Waals surface area (Å²) in [5.41, 5.74) is 5.34. The maximum Gasteiger partial charge on any atom is 0.0534 e. The van der Waals surface area contributed by atoms with Crippen molar-refractivity contribution < 1.29 is 0 Å². The molecule has 0 radical (unpaired) electrons. The van der Waals surface area contributed by atoms with Gasteiger partial charge < -0.3 is 5.32 Å². The average Bonchev–Trinajstić information content (AvgIpc) is 2.76. The van der Waals surface area contributed by atoms with Gasteiger partial charge in [0.15, 0.2) is 0 Å². The minimum absolute atomic E-state index is 0.915. The van der Waals surface area contributed by atoms with Crippen molar-refractivity contribution in [2.45, 2.75) is 33.9 Å². The van der Waals surface area contributed by atoms with E-state index in [1.54, 1.807) is 0 Å². The first kappa shape index (κ1) is 12.8. The van der Waals surface area contributed by atoms with Gasteiger partial charge in [0.05, 0.1) is 12.7 Å². The number of hydrogen-bond acceptors (Lipinski definition) is 2. The second-order valence-corrected chi connectivity index (χ2v) is 4.82. The van der Waals surface area contributed by atoms with Crippen molar-refractivity contribution in [2.24, 2.45) is 0 Å². The van der Waals surface area contributed by atoms with Crippen molar-refractivity contribution in [3.63, 3.8) is 0 Å². The van der Waals surface area contributed by atoms with Crippen molar-refractivity contribution in [1.29, 1.82) is 0 Å². The van der Waals surface area contributed by atoms with Gasteiger partial charge in [0.25, 0.3) is 0 Å². The lowest BCUT2D eigenvalue weighted by molar-refractivity contribution is 0.554. The normalized spacial score (nSPS) is 10.8. The van der Waals surface area contributed by atoms with E-state index in [0.717, 1.165) is 19.6 Å². The first-order valence-corrected chi connectivity index (χ1v) is 6.41. The average molecular weight is 243 g/mol. The van der Waals surface area contributed by atoms with Crippen molar-refractivity contribution in [1.82, 2.24) is 15.1 Å². The molecule has 0 aliphatic rings. The van der Waals surface area contributed by atoms with Gasteiger partial charge in [-0.15, -0.1) is 0 Å². The molecule has 0 aliphatic heterocycles. The smallest absolute Gasteiger partial charge is 0.0534 e. The molecule has 3 heteroatoms. The number of nitrogens with one attached hydrogen (secondary N) is 1. The summed E-state index contributed by atoms with van der Waals surface area (Å²) in [6.45, 7) is 9.18. The maximum absolute atomic E-state index is 4.27. The molecule has 0 amide bonds. The Balaban J connectivity index is 1.80. The van der Waals surface area contributed by atoms with Crippen LogP contribution in [-0.2, 0) is 13.1 Å². The van der Waals surface area contributed by atoms with Gasteiger partial charge in [-0.3, -0.25) is 4.68 Å². The van der Waals surface area contributed by atoms with E-state index in [0.29, 0.717) is 0 Å². The molecule has 1 aromatic heterocycles. The Morgan fingerprint density at radius 1 is 1.22 bits per heavy atom. The monoisotopic (exact) mass is 243 g/mol. The van der Waals surface area contributed by atoms with Crippen LogP contribution in [0.1, 0.15) is 22.3 Å². The summed E-state index contributed by atoms with van der Waals surface area (Å²) in [6.07, 6.45) is 3.96. The van der Waals surface area contributed by atoms with Crippen molar-refractivity contribution >= 4 is 0 Å². The third kappa shape index (κ3) is 3.20. The minimum Gasteiger partial charge on any atom is -0.311 e. The fourth-order valence-corrected chi connectivity index (χ4v) is 2.01. The molecule has 0 saturated heterocycles. The highest BCUT2D eigenvalue weighted by Crippen LogP contribution is 2.11. The van der Waals surface area contributed by atoms with Gasteiger partial charge >= 0.3 is 0 Å². The first-order chi connectivity index (χ1) is 8.66. The quantitative estimate of drug-likeness (QED) is 0.818. The molecule has 1 heterocycles. The second kappa shape index (κ2) is 5.83. The molecule has 18 heavy (non-hydrogen) atoms. The van der Waals surface area contributed by atoms with Crippen molar-refractivity contribution in [2.75, 3.05) is 6.54 Å². The largest absolute Gasteiger partial charge is 0.311 e. The Morgan fingerprint density at radius 3 is 2.78 bits per heavy atom. The third-order valence-electron chi connectivity index (χ3n) is 3.31. The van der Waals surface area contributed by atoms with Gasteiger partial charge in [0.2, 0.25) is 0 Å². The van der Waals surface area contributed by atoms with E-state index >= 15 is 0 Å². The van der Waals surface area contributed by atoms with Crippen molar-refractivity contribution in [3.05, 3.63) is 52.8 Å². The highest BCUT2D eigenvalue weighted by Gasteiger charge is 2.00. The first-order valence-electron chi connectivity index (χ1n) is 6.41. The van der Waals surface area contributed by atoms with Gasteiger partial charge in [-0.2, -0.15) is 5.10 Å². The molecule has 0 saturated carbocycles. The number of aryl methyl sites for hydroxylation is 2. The van der Waals surface area contributed by atoms with Crippen LogP contribution in [0.25, 0.3) is 0 Å². The zero-order valence-electron chi connectivity index (χ0n) is 11.4. The third-order valence-corrected chi connectivity index (χ3v) is 3.31. The van der Waals surface area contributed by atoms with E-state index in [9.17, 15) is 0 Å². The molecular formula is C15H21N3. The van der Waals surface area contributed by atoms with E-state index in [4.69, 9.17) is 0 Å². The van der Waals surface area contributed by atoms with Gasteiger partial charge in [-0.1, -0.05) is 18.2 Å². The van der Waals surface area contributed by atoms with Crippen LogP contribution < -0.4 is 5.32 Å². The Morgan fingerprint density at radius 2 is 2.06 bits per heavy atom. The number of hydrogen-bond donors (Lipinski definition) is 1. The maximum atomic E-state index is 4.27. The molecule has 2 rings (SSSR count). The minimum atomic E-state index is 0.915. The summed E-state index contributed by atoms with van der Waals surface area (Å²) < 4.78 is 1.98. The van der Waals surface area contributed by atoms with Gasteiger partial charge in [-0.25, -0.2) is 0 Å². The van der Waals surface area contributed by atoms with E-state index in [2.05, 4.69) is 55.6 Å². The predicted molar refractivity (Wildman–Crippen MR) is 74.6 cm³/mol. The summed E-state index contributed by atoms with van der Waals surface area (Å²) in [6, 6.07) is 6.47. The molecule has 1 aromatic carbocycles. The molecule has 0 spiro atoms. The van der Waals surface area contributed by atoms with Gasteiger partial charge in [-0.05, 0) is 43.0 Å². The van der Waals surface area contributed by atoms with Crippen LogP contribution in [0.2, 0.25) is 0 Å². The molecule has 0 unspecified atom stereocenters. The van der Waals surface area contributed by atoms with E-state index in [1.165, 1.54) is 22.3 Å². The Bertz CT molecular complexity index is 514. The SMILES string of the molecule is Cc1cnn(CCNCc2cccc(C)c2C)c1. The standard InChI is InChI=1S/C15H21N3/c1-12-9-17-18(11-12)8-7-16-10-15-6-4-5-13(2)14(15)3/h4-6,9,11,16H,7-8,10H2,1-3H3. The van der Waals surface area contributed by atoms with Crippen LogP contribution in [0.4, 0.5) is 0 Å². The number of rotatable bonds is 5. The summed E-state index contributed by atoms with van der Waals surface area (Å²) in [5.74, 6) is 0. The summed E-state index contributed by atoms with van der Waals surface area (Å²) in [5, 5.41) is 7.74. The molecule has 0 bridgehead atoms. The van der Waals surface area contributed by atoms with Crippen LogP contribution in [0.3, 0.4) is 0 Å². The van der Waals surface area contributed by atoms with E-state index in [-0.39, 0.29) is 0 Å². The molecule has 2 aromatic rings. The fourth-order valence-electron chi connectivity index (χ4n) is 2.01. The molecule has 0 fully saturated rings. The highest BCUT2D eigenvalue weighted by molar-refractivity contribution is 5.32. The highest BCUT2D eigenvalue weighted by atomic mass is 15.3. The Hall–Kier alpha value is -1.61. The fraction of sp³-hybridized carbons (Fsp3) is 0.400. The van der Waals surface area contributed by atoms with Crippen LogP contribution in [0.5, 0.6) is 0 Å². The molecule has 3 nitrogen and oxygen atoms in total. The summed E-state index contributed by atoms with van der Waals surface area (Å²) in [4.78, 5) is 0. The number of benzene rings is 1. The number of nitrogens with zero attached hydrogens (tertiary/aromatic N) is 2. The second-order valence-electron chi connectivity index (χ2n) is 4.82. The van der Waals surface area contributed by atoms with Crippen LogP contribution in [0.15, 0.2) is 30.6 Å². The molecule has 1 N–H and O–H groups in total. The lowest BCUT2D eigenvalue weighted by atomic mass is 10.0. The number of aromatic nitrogens is 2. The van der Waals surface area contributed by atoms with E-state index < -0.39 is 0 Å². The Labute approximate surface area is 109 Å². The molecule has 0 aliphatic carbocycles. The van der Waals surface area contributed by atoms with Crippen LogP contribution in [0, 0.1) is 20.8 Å². The summed E-state index contributed by atoms with van der Waals surface area (Å²) in [7, 11) is 0. The van der Waals surface area contributed by atoms with Crippen molar-refractivity contribution in [3.8, 4) is 0 Å². The zero-order valence-corrected chi connectivity index (χ0v) is 11.4. The van der Waals surface area contributed by atoms with Gasteiger partial charge in [0, 0.05) is 19.3 Å². The lowest BCUT2D eigenvalue weighted by Crippen LogP contribution is -2.20. The van der Waals surface area contributed by atoms with E-state index in [1.807, 2.05) is 10.9 Å². The summed E-state index contributed by atoms with van der Waals surface area (Å²) >= 11 is 0. The van der Waals surface area contributed by atoms with Crippen LogP contribution in [-0.4, -0.2) is 16.3 Å². The molecule has 96 valence electrons. The Kier molecular flexibility index (Phi) is 4.15. The zero-order chi connectivity index (χ0) is 13.0. The molecular weight excluding hydrogens is 222 g/mol. The van der Waals surface area contributed by atoms with Crippen LogP contribution >= 0.6 is 0 Å². The topological polar surface area (TPSA) is 29.9 Å². The van der Waals surface area contributed by atoms with Gasteiger partial charge in [0.1, 0.15) is 0 Å². The lowest BCUT2D eigenvalue weighted by Gasteiger charge is -2.09.